The zero-order chi connectivity index (χ0) is 29.8. The van der Waals surface area contributed by atoms with Crippen LogP contribution in [0.5, 0.6) is 11.5 Å². The maximum Gasteiger partial charge on any atom is 0.344 e. The number of benzene rings is 4. The molecule has 0 fully saturated rings. The van der Waals surface area contributed by atoms with Gasteiger partial charge in [-0.15, -0.1) is 0 Å². The maximum atomic E-state index is 11.8. The van der Waals surface area contributed by atoms with Gasteiger partial charge in [-0.1, -0.05) is 59.6 Å². The molecule has 5 rings (SSSR count). The van der Waals surface area contributed by atoms with E-state index in [1.54, 1.807) is 24.3 Å². The molecule has 0 aliphatic carbocycles. The van der Waals surface area contributed by atoms with Gasteiger partial charge in [-0.25, -0.2) is 9.78 Å². The first-order valence-corrected chi connectivity index (χ1v) is 13.8. The highest BCUT2D eigenvalue weighted by atomic mass is 35.5. The molecule has 1 heterocycles. The normalized spacial score (nSPS) is 10.9. The molecule has 0 spiro atoms. The van der Waals surface area contributed by atoms with Gasteiger partial charge in [-0.2, -0.15) is 0 Å². The predicted molar refractivity (Wildman–Crippen MR) is 163 cm³/mol. The van der Waals surface area contributed by atoms with E-state index >= 15 is 0 Å². The molecule has 42 heavy (non-hydrogen) atoms. The zero-order valence-electron chi connectivity index (χ0n) is 22.7. The summed E-state index contributed by atoms with van der Waals surface area (Å²) in [5.74, 6) is 0.885. The Bertz CT molecular complexity index is 1770. The van der Waals surface area contributed by atoms with E-state index in [1.807, 2.05) is 24.4 Å². The number of halogens is 2. The summed E-state index contributed by atoms with van der Waals surface area (Å²) in [6, 6.07) is 25.1. The van der Waals surface area contributed by atoms with E-state index in [2.05, 4.69) is 40.5 Å². The average molecular weight is 602 g/mol. The lowest BCUT2D eigenvalue weighted by Gasteiger charge is -2.09. The number of methoxy groups -OCH3 is 1. The number of aryl methyl sites for hydroxylation is 1. The van der Waals surface area contributed by atoms with Gasteiger partial charge in [0.1, 0.15) is 22.9 Å². The minimum atomic E-state index is -0.785. The average Bonchev–Trinajstić information content (AvgIpc) is 3.39. The molecular formula is C32H25Cl2N3O5. The van der Waals surface area contributed by atoms with Crippen LogP contribution in [-0.2, 0) is 17.7 Å². The Balaban J connectivity index is 1.29. The molecule has 0 saturated heterocycles. The number of ether oxygens (including phenoxy) is 2. The zero-order valence-corrected chi connectivity index (χ0v) is 24.2. The Kier molecular flexibility index (Phi) is 8.56. The molecule has 5 aromatic rings. The molecule has 4 aromatic carbocycles. The summed E-state index contributed by atoms with van der Waals surface area (Å²) >= 11 is 12.5. The van der Waals surface area contributed by atoms with Gasteiger partial charge in [0, 0.05) is 29.7 Å². The SMILES string of the molecule is CCn1cc(-c2ccc(Cl)cc2Cl)nc1Cc1ccc(-c2ccc(Oc3ccc(C(=O)OC)c([N+](=O)[O-])c3)cc2)cc1. The number of imidazole rings is 1. The minimum absolute atomic E-state index is 0.140. The van der Waals surface area contributed by atoms with Crippen molar-refractivity contribution in [1.29, 1.82) is 0 Å². The van der Waals surface area contributed by atoms with Crippen molar-refractivity contribution >= 4 is 34.9 Å². The van der Waals surface area contributed by atoms with Crippen LogP contribution in [0, 0.1) is 10.1 Å². The van der Waals surface area contributed by atoms with Crippen molar-refractivity contribution in [3.05, 3.63) is 128 Å². The summed E-state index contributed by atoms with van der Waals surface area (Å²) in [6.45, 7) is 2.86. The van der Waals surface area contributed by atoms with Crippen molar-refractivity contribution in [2.45, 2.75) is 19.9 Å². The standard InChI is InChI=1S/C32H25Cl2N3O5/c1-3-36-19-29(26-14-10-23(33)17-28(26)34)35-31(36)16-20-4-6-21(7-5-20)22-8-11-24(12-9-22)42-25-13-15-27(32(38)41-2)30(18-25)37(39)40/h4-15,17-19H,3,16H2,1-2H3. The van der Waals surface area contributed by atoms with E-state index in [9.17, 15) is 14.9 Å². The lowest BCUT2D eigenvalue weighted by atomic mass is 10.0. The fourth-order valence-corrected chi connectivity index (χ4v) is 5.06. The number of nitrogens with zero attached hydrogens (tertiary/aromatic N) is 3. The second-order valence-electron chi connectivity index (χ2n) is 9.38. The van der Waals surface area contributed by atoms with E-state index in [1.165, 1.54) is 25.3 Å². The topological polar surface area (TPSA) is 96.5 Å². The van der Waals surface area contributed by atoms with Gasteiger partial charge in [-0.05, 0) is 66.1 Å². The molecule has 0 saturated carbocycles. The first kappa shape index (κ1) is 28.9. The summed E-state index contributed by atoms with van der Waals surface area (Å²) in [5.41, 5.74) is 4.24. The highest BCUT2D eigenvalue weighted by Gasteiger charge is 2.22. The van der Waals surface area contributed by atoms with Crippen molar-refractivity contribution in [3.63, 3.8) is 0 Å². The van der Waals surface area contributed by atoms with Crippen LogP contribution in [0.1, 0.15) is 28.7 Å². The van der Waals surface area contributed by atoms with E-state index in [0.29, 0.717) is 22.2 Å². The minimum Gasteiger partial charge on any atom is -0.465 e. The molecule has 0 amide bonds. The molecule has 1 aromatic heterocycles. The number of esters is 1. The summed E-state index contributed by atoms with van der Waals surface area (Å²) in [6.07, 6.45) is 2.67. The van der Waals surface area contributed by atoms with Gasteiger partial charge >= 0.3 is 5.97 Å². The van der Waals surface area contributed by atoms with Crippen LogP contribution in [0.4, 0.5) is 5.69 Å². The second kappa shape index (κ2) is 12.5. The predicted octanol–water partition coefficient (Wildman–Crippen LogP) is 8.62. The smallest absolute Gasteiger partial charge is 0.344 e. The molecule has 212 valence electrons. The largest absolute Gasteiger partial charge is 0.465 e. The number of carbonyl (C=O) groups is 1. The van der Waals surface area contributed by atoms with E-state index in [0.717, 1.165) is 40.3 Å². The van der Waals surface area contributed by atoms with Crippen molar-refractivity contribution in [3.8, 4) is 33.9 Å². The van der Waals surface area contributed by atoms with Gasteiger partial charge < -0.3 is 14.0 Å². The fraction of sp³-hybridized carbons (Fsp3) is 0.125. The van der Waals surface area contributed by atoms with E-state index < -0.39 is 10.9 Å². The Morgan fingerprint density at radius 3 is 2.21 bits per heavy atom. The lowest BCUT2D eigenvalue weighted by Crippen LogP contribution is -2.05. The fourth-order valence-electron chi connectivity index (χ4n) is 4.55. The molecule has 0 aliphatic heterocycles. The second-order valence-corrected chi connectivity index (χ2v) is 10.2. The number of nitro benzene ring substituents is 1. The molecule has 0 bridgehead atoms. The monoisotopic (exact) mass is 601 g/mol. The summed E-state index contributed by atoms with van der Waals surface area (Å²) < 4.78 is 12.5. The first-order chi connectivity index (χ1) is 20.2. The molecule has 0 aliphatic rings. The number of nitro groups is 1. The van der Waals surface area contributed by atoms with Crippen LogP contribution < -0.4 is 4.74 Å². The Labute approximate surface area is 252 Å². The van der Waals surface area contributed by atoms with Gasteiger partial charge in [0.2, 0.25) is 0 Å². The van der Waals surface area contributed by atoms with Crippen LogP contribution in [0.3, 0.4) is 0 Å². The Hall–Kier alpha value is -4.66. The van der Waals surface area contributed by atoms with Gasteiger partial charge in [-0.3, -0.25) is 10.1 Å². The molecule has 8 nitrogen and oxygen atoms in total. The van der Waals surface area contributed by atoms with E-state index in [-0.39, 0.29) is 17.0 Å². The van der Waals surface area contributed by atoms with Crippen LogP contribution >= 0.6 is 23.2 Å². The third-order valence-electron chi connectivity index (χ3n) is 6.72. The summed E-state index contributed by atoms with van der Waals surface area (Å²) in [7, 11) is 1.17. The number of rotatable bonds is 9. The van der Waals surface area contributed by atoms with Crippen molar-refractivity contribution in [2.75, 3.05) is 7.11 Å². The lowest BCUT2D eigenvalue weighted by molar-refractivity contribution is -0.385. The Morgan fingerprint density at radius 2 is 1.60 bits per heavy atom. The first-order valence-electron chi connectivity index (χ1n) is 13.0. The van der Waals surface area contributed by atoms with Crippen molar-refractivity contribution < 1.29 is 19.2 Å². The summed E-state index contributed by atoms with van der Waals surface area (Å²) in [5, 5.41) is 12.6. The highest BCUT2D eigenvalue weighted by Crippen LogP contribution is 2.32. The molecule has 0 atom stereocenters. The quantitative estimate of drug-likeness (QED) is 0.0952. The summed E-state index contributed by atoms with van der Waals surface area (Å²) in [4.78, 5) is 27.4. The number of hydrogen-bond acceptors (Lipinski definition) is 6. The van der Waals surface area contributed by atoms with Crippen LogP contribution in [0.2, 0.25) is 10.0 Å². The van der Waals surface area contributed by atoms with Crippen molar-refractivity contribution in [2.24, 2.45) is 0 Å². The number of hydrogen-bond donors (Lipinski definition) is 0. The molecular weight excluding hydrogens is 577 g/mol. The maximum absolute atomic E-state index is 11.8. The van der Waals surface area contributed by atoms with Crippen LogP contribution in [-0.4, -0.2) is 27.6 Å². The van der Waals surface area contributed by atoms with Crippen LogP contribution in [0.15, 0.2) is 91.1 Å². The van der Waals surface area contributed by atoms with Gasteiger partial charge in [0.25, 0.3) is 5.69 Å². The third kappa shape index (κ3) is 6.30. The molecule has 0 unspecified atom stereocenters. The van der Waals surface area contributed by atoms with E-state index in [4.69, 9.17) is 32.9 Å². The number of carbonyl (C=O) groups excluding carboxylic acids is 1. The van der Waals surface area contributed by atoms with Gasteiger partial charge in [0.15, 0.2) is 0 Å². The molecule has 10 heteroatoms. The highest BCUT2D eigenvalue weighted by molar-refractivity contribution is 6.36. The van der Waals surface area contributed by atoms with Crippen molar-refractivity contribution in [1.82, 2.24) is 9.55 Å². The Morgan fingerprint density at radius 1 is 0.929 bits per heavy atom. The van der Waals surface area contributed by atoms with Gasteiger partial charge in [0.05, 0.1) is 28.8 Å². The third-order valence-corrected chi connectivity index (χ3v) is 7.27. The molecule has 0 N–H and O–H groups in total. The molecule has 0 radical (unpaired) electrons. The number of aromatic nitrogens is 2. The van der Waals surface area contributed by atoms with Crippen LogP contribution in [0.25, 0.3) is 22.4 Å².